The lowest BCUT2D eigenvalue weighted by atomic mass is 9.88. The minimum atomic E-state index is 0.0425. The first kappa shape index (κ1) is 23.2. The maximum absolute atomic E-state index is 13.7. The number of carbonyl (C=O) groups is 1. The van der Waals surface area contributed by atoms with Gasteiger partial charge in [0.2, 0.25) is 0 Å². The van der Waals surface area contributed by atoms with Crippen LogP contribution < -0.4 is 0 Å². The second-order valence-electron chi connectivity index (χ2n) is 9.89. The van der Waals surface area contributed by atoms with Gasteiger partial charge in [0.1, 0.15) is 11.0 Å². The number of amides is 1. The predicted molar refractivity (Wildman–Crippen MR) is 140 cm³/mol. The Morgan fingerprint density at radius 2 is 1.72 bits per heavy atom. The number of fused-ring (bicyclic) bond motifs is 2. The Balaban J connectivity index is 1.16. The van der Waals surface area contributed by atoms with Crippen LogP contribution in [-0.4, -0.2) is 52.2 Å². The lowest BCUT2D eigenvalue weighted by Gasteiger charge is -2.39. The van der Waals surface area contributed by atoms with E-state index in [-0.39, 0.29) is 11.9 Å². The molecule has 3 aromatic carbocycles. The summed E-state index contributed by atoms with van der Waals surface area (Å²) in [7, 11) is 0. The molecule has 1 amide bonds. The van der Waals surface area contributed by atoms with Crippen molar-refractivity contribution in [3.05, 3.63) is 94.0 Å². The van der Waals surface area contributed by atoms with Gasteiger partial charge in [0, 0.05) is 23.7 Å². The highest BCUT2D eigenvalue weighted by atomic mass is 35.5. The van der Waals surface area contributed by atoms with Crippen molar-refractivity contribution in [3.8, 4) is 0 Å². The summed E-state index contributed by atoms with van der Waals surface area (Å²) in [4.78, 5) is 18.3. The Hall–Kier alpha value is -3.22. The molecule has 0 radical (unpaired) electrons. The van der Waals surface area contributed by atoms with E-state index >= 15 is 0 Å². The number of hydrogen-bond acceptors (Lipinski definition) is 5. The summed E-state index contributed by atoms with van der Waals surface area (Å²) >= 11 is 6.07. The Kier molecular flexibility index (Phi) is 6.46. The molecule has 0 spiro atoms. The number of benzene rings is 3. The molecule has 2 aliphatic rings. The molecule has 7 heteroatoms. The van der Waals surface area contributed by atoms with Crippen LogP contribution in [0.15, 0.2) is 71.4 Å². The zero-order chi connectivity index (χ0) is 24.5. The normalized spacial score (nSPS) is 18.9. The molecule has 1 aromatic heterocycles. The van der Waals surface area contributed by atoms with Crippen molar-refractivity contribution in [2.45, 2.75) is 37.6 Å². The van der Waals surface area contributed by atoms with Crippen LogP contribution in [0, 0.1) is 0 Å². The number of rotatable bonds is 5. The van der Waals surface area contributed by atoms with Crippen molar-refractivity contribution in [2.75, 3.05) is 26.2 Å². The summed E-state index contributed by atoms with van der Waals surface area (Å²) in [5, 5.41) is 8.58. The van der Waals surface area contributed by atoms with Gasteiger partial charge in [-0.05, 0) is 102 Å². The fraction of sp³-hybridized carbons (Fsp3) is 0.345. The Morgan fingerprint density at radius 3 is 2.56 bits per heavy atom. The van der Waals surface area contributed by atoms with Crippen molar-refractivity contribution in [2.24, 2.45) is 0 Å². The summed E-state index contributed by atoms with van der Waals surface area (Å²) in [6.45, 7) is 3.84. The van der Waals surface area contributed by atoms with Crippen LogP contribution in [-0.2, 0) is 6.42 Å². The van der Waals surface area contributed by atoms with Gasteiger partial charge in [0.15, 0.2) is 0 Å². The molecule has 6 rings (SSSR count). The molecule has 184 valence electrons. The highest BCUT2D eigenvalue weighted by Crippen LogP contribution is 2.35. The number of halogens is 1. The number of carbonyl (C=O) groups excluding carboxylic acids is 1. The average Bonchev–Trinajstić information content (AvgIpc) is 3.40. The molecule has 1 atom stereocenters. The molecule has 0 saturated carbocycles. The minimum absolute atomic E-state index is 0.0425. The average molecular weight is 501 g/mol. The van der Waals surface area contributed by atoms with E-state index < -0.39 is 0 Å². The second kappa shape index (κ2) is 10.0. The molecular weight excluding hydrogens is 472 g/mol. The van der Waals surface area contributed by atoms with Crippen LogP contribution in [0.4, 0.5) is 0 Å². The lowest BCUT2D eigenvalue weighted by Crippen LogP contribution is -2.42. The molecule has 36 heavy (non-hydrogen) atoms. The fourth-order valence-electron chi connectivity index (χ4n) is 5.82. The summed E-state index contributed by atoms with van der Waals surface area (Å²) < 4.78 is 4.82. The molecule has 0 aliphatic carbocycles. The van der Waals surface area contributed by atoms with Gasteiger partial charge in [-0.1, -0.05) is 48.0 Å². The van der Waals surface area contributed by atoms with Crippen LogP contribution in [0.5, 0.6) is 0 Å². The zero-order valence-electron chi connectivity index (χ0n) is 20.1. The van der Waals surface area contributed by atoms with Gasteiger partial charge in [0.25, 0.3) is 5.91 Å². The fourth-order valence-corrected chi connectivity index (χ4v) is 5.94. The summed E-state index contributed by atoms with van der Waals surface area (Å²) in [5.41, 5.74) is 5.91. The van der Waals surface area contributed by atoms with Gasteiger partial charge in [-0.2, -0.15) is 0 Å². The molecule has 6 nitrogen and oxygen atoms in total. The van der Waals surface area contributed by atoms with Crippen LogP contribution >= 0.6 is 11.6 Å². The van der Waals surface area contributed by atoms with Crippen LogP contribution in [0.2, 0.25) is 5.02 Å². The molecule has 0 N–H and O–H groups in total. The molecule has 1 saturated heterocycles. The Bertz CT molecular complexity index is 1360. The van der Waals surface area contributed by atoms with Crippen LogP contribution in [0.25, 0.3) is 11.0 Å². The molecule has 4 aromatic rings. The van der Waals surface area contributed by atoms with Gasteiger partial charge in [-0.3, -0.25) is 4.79 Å². The third kappa shape index (κ3) is 4.63. The minimum Gasteiger partial charge on any atom is -0.331 e. The van der Waals surface area contributed by atoms with E-state index in [9.17, 15) is 4.79 Å². The summed E-state index contributed by atoms with van der Waals surface area (Å²) in [6, 6.07) is 22.4. The first-order valence-corrected chi connectivity index (χ1v) is 13.1. The van der Waals surface area contributed by atoms with Gasteiger partial charge in [0.05, 0.1) is 6.04 Å². The number of nitrogens with zero attached hydrogens (tertiary/aromatic N) is 4. The van der Waals surface area contributed by atoms with Crippen molar-refractivity contribution in [1.29, 1.82) is 0 Å². The number of hydrogen-bond donors (Lipinski definition) is 0. The van der Waals surface area contributed by atoms with Crippen molar-refractivity contribution in [3.63, 3.8) is 0 Å². The number of aromatic nitrogens is 2. The van der Waals surface area contributed by atoms with E-state index in [0.717, 1.165) is 50.3 Å². The van der Waals surface area contributed by atoms with Gasteiger partial charge < -0.3 is 9.80 Å². The largest absolute Gasteiger partial charge is 0.331 e. The standard InChI is InChI=1S/C29H29ClN4O2/c30-24-8-5-20(6-9-24)21-11-15-33(16-12-21)17-14-28-25-4-2-1-3-22(25)13-18-34(28)29(35)23-7-10-26-27(19-23)32-36-31-26/h1-10,19,21,28H,11-18H2. The molecule has 3 heterocycles. The Morgan fingerprint density at radius 1 is 0.944 bits per heavy atom. The predicted octanol–water partition coefficient (Wildman–Crippen LogP) is 5.89. The monoisotopic (exact) mass is 500 g/mol. The third-order valence-electron chi connectivity index (χ3n) is 7.82. The quantitative estimate of drug-likeness (QED) is 0.342. The van der Waals surface area contributed by atoms with E-state index in [0.29, 0.717) is 29.1 Å². The van der Waals surface area contributed by atoms with E-state index in [1.165, 1.54) is 16.7 Å². The summed E-state index contributed by atoms with van der Waals surface area (Å²) in [5.74, 6) is 0.633. The molecular formula is C29H29ClN4O2. The topological polar surface area (TPSA) is 62.5 Å². The van der Waals surface area contributed by atoms with Crippen LogP contribution in [0.1, 0.15) is 58.3 Å². The third-order valence-corrected chi connectivity index (χ3v) is 8.07. The second-order valence-corrected chi connectivity index (χ2v) is 10.3. The van der Waals surface area contributed by atoms with Crippen molar-refractivity contribution < 1.29 is 9.42 Å². The molecule has 0 bridgehead atoms. The first-order valence-electron chi connectivity index (χ1n) is 12.7. The number of piperidine rings is 1. The molecule has 1 unspecified atom stereocenters. The highest BCUT2D eigenvalue weighted by Gasteiger charge is 2.32. The highest BCUT2D eigenvalue weighted by molar-refractivity contribution is 6.30. The zero-order valence-corrected chi connectivity index (χ0v) is 20.9. The summed E-state index contributed by atoms with van der Waals surface area (Å²) in [6.07, 6.45) is 4.09. The SMILES string of the molecule is O=C(c1ccc2nonc2c1)N1CCc2ccccc2C1CCN1CCC(c2ccc(Cl)cc2)CC1. The van der Waals surface area contributed by atoms with E-state index in [1.807, 2.05) is 18.2 Å². The van der Waals surface area contributed by atoms with Gasteiger partial charge >= 0.3 is 0 Å². The lowest BCUT2D eigenvalue weighted by molar-refractivity contribution is 0.0630. The van der Waals surface area contributed by atoms with E-state index in [2.05, 4.69) is 56.5 Å². The van der Waals surface area contributed by atoms with E-state index in [1.54, 1.807) is 12.1 Å². The van der Waals surface area contributed by atoms with Crippen molar-refractivity contribution >= 4 is 28.5 Å². The van der Waals surface area contributed by atoms with Gasteiger partial charge in [-0.25, -0.2) is 4.63 Å². The van der Waals surface area contributed by atoms with Crippen molar-refractivity contribution in [1.82, 2.24) is 20.1 Å². The van der Waals surface area contributed by atoms with Crippen LogP contribution in [0.3, 0.4) is 0 Å². The maximum atomic E-state index is 13.7. The molecule has 1 fully saturated rings. The maximum Gasteiger partial charge on any atom is 0.254 e. The van der Waals surface area contributed by atoms with Gasteiger partial charge in [-0.15, -0.1) is 0 Å². The number of likely N-dealkylation sites (tertiary alicyclic amines) is 1. The van der Waals surface area contributed by atoms with E-state index in [4.69, 9.17) is 16.2 Å². The molecule has 2 aliphatic heterocycles. The Labute approximate surface area is 215 Å². The first-order chi connectivity index (χ1) is 17.7. The smallest absolute Gasteiger partial charge is 0.254 e.